The van der Waals surface area contributed by atoms with Crippen molar-refractivity contribution < 1.29 is 9.13 Å². The van der Waals surface area contributed by atoms with Gasteiger partial charge < -0.3 is 10.1 Å². The van der Waals surface area contributed by atoms with E-state index in [1.54, 1.807) is 30.3 Å². The predicted octanol–water partition coefficient (Wildman–Crippen LogP) is 7.35. The standard InChI is InChI=1S/C22H18Cl4FNO/c23-16-6-7-22(29-13-18-19(25)2-1-3-21(18)27)15(10-16)12-28-9-8-14-4-5-17(24)11-20(14)26/h1-7,10-11,28H,8-9,12-13H2. The van der Waals surface area contributed by atoms with Crippen LogP contribution < -0.4 is 10.1 Å². The first-order chi connectivity index (χ1) is 13.9. The van der Waals surface area contributed by atoms with Crippen molar-refractivity contribution in [1.82, 2.24) is 5.32 Å². The largest absolute Gasteiger partial charge is 0.488 e. The molecule has 0 saturated heterocycles. The molecule has 3 aromatic carbocycles. The van der Waals surface area contributed by atoms with Gasteiger partial charge in [-0.2, -0.15) is 0 Å². The fourth-order valence-electron chi connectivity index (χ4n) is 2.82. The van der Waals surface area contributed by atoms with Crippen molar-refractivity contribution >= 4 is 46.4 Å². The van der Waals surface area contributed by atoms with Crippen molar-refractivity contribution in [2.45, 2.75) is 19.6 Å². The molecule has 0 aromatic heterocycles. The Morgan fingerprint density at radius 2 is 1.59 bits per heavy atom. The Labute approximate surface area is 189 Å². The van der Waals surface area contributed by atoms with Gasteiger partial charge in [-0.15, -0.1) is 0 Å². The zero-order valence-electron chi connectivity index (χ0n) is 15.3. The van der Waals surface area contributed by atoms with E-state index in [4.69, 9.17) is 51.1 Å². The maximum Gasteiger partial charge on any atom is 0.131 e. The van der Waals surface area contributed by atoms with Gasteiger partial charge in [-0.05, 0) is 61.0 Å². The summed E-state index contributed by atoms with van der Waals surface area (Å²) in [5.41, 5.74) is 2.20. The van der Waals surface area contributed by atoms with Crippen LogP contribution in [0.25, 0.3) is 0 Å². The normalized spacial score (nSPS) is 10.9. The zero-order chi connectivity index (χ0) is 20.8. The molecule has 2 nitrogen and oxygen atoms in total. The lowest BCUT2D eigenvalue weighted by Crippen LogP contribution is -2.17. The van der Waals surface area contributed by atoms with Crippen LogP contribution in [0.2, 0.25) is 20.1 Å². The summed E-state index contributed by atoms with van der Waals surface area (Å²) in [6.07, 6.45) is 0.748. The first-order valence-corrected chi connectivity index (χ1v) is 10.4. The van der Waals surface area contributed by atoms with E-state index in [0.717, 1.165) is 17.5 Å². The zero-order valence-corrected chi connectivity index (χ0v) is 18.3. The van der Waals surface area contributed by atoms with Crippen LogP contribution in [0.15, 0.2) is 54.6 Å². The van der Waals surface area contributed by atoms with E-state index in [9.17, 15) is 4.39 Å². The van der Waals surface area contributed by atoms with Crippen molar-refractivity contribution in [2.24, 2.45) is 0 Å². The van der Waals surface area contributed by atoms with Crippen molar-refractivity contribution in [3.63, 3.8) is 0 Å². The summed E-state index contributed by atoms with van der Waals surface area (Å²) in [5.74, 6) is 0.219. The number of ether oxygens (including phenoxy) is 1. The summed E-state index contributed by atoms with van der Waals surface area (Å²) >= 11 is 24.3. The lowest BCUT2D eigenvalue weighted by Gasteiger charge is -2.14. The molecule has 0 fully saturated rings. The van der Waals surface area contributed by atoms with Crippen molar-refractivity contribution in [2.75, 3.05) is 6.54 Å². The minimum atomic E-state index is -0.397. The van der Waals surface area contributed by atoms with Crippen molar-refractivity contribution in [3.05, 3.63) is 97.2 Å². The molecular formula is C22H18Cl4FNO. The Balaban J connectivity index is 1.61. The van der Waals surface area contributed by atoms with Gasteiger partial charge in [-0.3, -0.25) is 0 Å². The molecule has 3 aromatic rings. The SMILES string of the molecule is Fc1cccc(Cl)c1COc1ccc(Cl)cc1CNCCc1ccc(Cl)cc1Cl. The van der Waals surface area contributed by atoms with Crippen LogP contribution in [-0.4, -0.2) is 6.54 Å². The van der Waals surface area contributed by atoms with E-state index in [1.165, 1.54) is 6.07 Å². The lowest BCUT2D eigenvalue weighted by molar-refractivity contribution is 0.296. The Morgan fingerprint density at radius 1 is 0.828 bits per heavy atom. The second-order valence-corrected chi connectivity index (χ2v) is 8.09. The van der Waals surface area contributed by atoms with Crippen LogP contribution in [0.4, 0.5) is 4.39 Å². The molecule has 0 aliphatic heterocycles. The maximum absolute atomic E-state index is 14.0. The highest BCUT2D eigenvalue weighted by Gasteiger charge is 2.10. The van der Waals surface area contributed by atoms with Crippen LogP contribution >= 0.6 is 46.4 Å². The first-order valence-electron chi connectivity index (χ1n) is 8.93. The summed E-state index contributed by atoms with van der Waals surface area (Å²) in [4.78, 5) is 0. The third-order valence-corrected chi connectivity index (χ3v) is 5.53. The second kappa shape index (κ2) is 10.5. The van der Waals surface area contributed by atoms with Crippen molar-refractivity contribution in [1.29, 1.82) is 0 Å². The number of rotatable bonds is 8. The molecule has 0 saturated carbocycles. The third kappa shape index (κ3) is 6.24. The summed E-state index contributed by atoms with van der Waals surface area (Å²) in [7, 11) is 0. The van der Waals surface area contributed by atoms with Crippen LogP contribution in [0.1, 0.15) is 16.7 Å². The smallest absolute Gasteiger partial charge is 0.131 e. The molecule has 0 atom stereocenters. The van der Waals surface area contributed by atoms with Gasteiger partial charge in [0.25, 0.3) is 0 Å². The highest BCUT2D eigenvalue weighted by molar-refractivity contribution is 6.35. The molecule has 0 bridgehead atoms. The van der Waals surface area contributed by atoms with Gasteiger partial charge in [0.05, 0.1) is 5.02 Å². The summed E-state index contributed by atoms with van der Waals surface area (Å²) in [6, 6.07) is 15.3. The number of hydrogen-bond donors (Lipinski definition) is 1. The molecule has 1 N–H and O–H groups in total. The summed E-state index contributed by atoms with van der Waals surface area (Å²) in [6.45, 7) is 1.26. The predicted molar refractivity (Wildman–Crippen MR) is 119 cm³/mol. The first kappa shape index (κ1) is 22.2. The van der Waals surface area contributed by atoms with Crippen LogP contribution in [0.3, 0.4) is 0 Å². The van der Waals surface area contributed by atoms with Crippen molar-refractivity contribution in [3.8, 4) is 5.75 Å². The highest BCUT2D eigenvalue weighted by Crippen LogP contribution is 2.26. The number of halogens is 5. The number of hydrogen-bond acceptors (Lipinski definition) is 2. The average molecular weight is 473 g/mol. The van der Waals surface area contributed by atoms with Crippen LogP contribution in [0, 0.1) is 5.82 Å². The molecule has 0 aliphatic rings. The molecule has 7 heteroatoms. The summed E-state index contributed by atoms with van der Waals surface area (Å²) < 4.78 is 19.8. The van der Waals surface area contributed by atoms with Gasteiger partial charge in [-0.25, -0.2) is 4.39 Å². The Hall–Kier alpha value is -1.49. The molecule has 0 spiro atoms. The van der Waals surface area contributed by atoms with Gasteiger partial charge in [0.2, 0.25) is 0 Å². The highest BCUT2D eigenvalue weighted by atomic mass is 35.5. The summed E-state index contributed by atoms with van der Waals surface area (Å²) in [5, 5.41) is 5.54. The Kier molecular flexibility index (Phi) is 8.05. The molecule has 0 amide bonds. The minimum Gasteiger partial charge on any atom is -0.488 e. The second-order valence-electron chi connectivity index (χ2n) is 6.40. The maximum atomic E-state index is 14.0. The van der Waals surface area contributed by atoms with Crippen LogP contribution in [-0.2, 0) is 19.6 Å². The van der Waals surface area contributed by atoms with Gasteiger partial charge in [0.1, 0.15) is 18.2 Å². The van der Waals surface area contributed by atoms with E-state index in [0.29, 0.717) is 44.5 Å². The topological polar surface area (TPSA) is 21.3 Å². The monoisotopic (exact) mass is 471 g/mol. The molecule has 3 rings (SSSR count). The molecular weight excluding hydrogens is 455 g/mol. The number of nitrogens with one attached hydrogen (secondary N) is 1. The number of benzene rings is 3. The third-order valence-electron chi connectivity index (χ3n) is 4.36. The van der Waals surface area contributed by atoms with Gasteiger partial charge in [0, 0.05) is 32.7 Å². The van der Waals surface area contributed by atoms with E-state index >= 15 is 0 Å². The molecule has 0 radical (unpaired) electrons. The van der Waals surface area contributed by atoms with Gasteiger partial charge >= 0.3 is 0 Å². The molecule has 0 unspecified atom stereocenters. The fourth-order valence-corrected chi connectivity index (χ4v) is 3.73. The van der Waals surface area contributed by atoms with Crippen LogP contribution in [0.5, 0.6) is 5.75 Å². The molecule has 152 valence electrons. The minimum absolute atomic E-state index is 0.0283. The van der Waals surface area contributed by atoms with Gasteiger partial charge in [0.15, 0.2) is 0 Å². The molecule has 29 heavy (non-hydrogen) atoms. The average Bonchev–Trinajstić information content (AvgIpc) is 2.67. The quantitative estimate of drug-likeness (QED) is 0.346. The fraction of sp³-hybridized carbons (Fsp3) is 0.182. The van der Waals surface area contributed by atoms with E-state index in [-0.39, 0.29) is 6.61 Å². The Bertz CT molecular complexity index is 976. The van der Waals surface area contributed by atoms with Gasteiger partial charge in [-0.1, -0.05) is 58.5 Å². The molecule has 0 aliphatic carbocycles. The van der Waals surface area contributed by atoms with E-state index in [2.05, 4.69) is 5.32 Å². The Morgan fingerprint density at radius 3 is 2.34 bits per heavy atom. The van der Waals surface area contributed by atoms with E-state index in [1.807, 2.05) is 18.2 Å². The molecule has 0 heterocycles. The van der Waals surface area contributed by atoms with E-state index < -0.39 is 5.82 Å². The lowest BCUT2D eigenvalue weighted by atomic mass is 10.1.